The van der Waals surface area contributed by atoms with E-state index in [1.807, 2.05) is 26.0 Å². The first-order valence-electron chi connectivity index (χ1n) is 5.59. The van der Waals surface area contributed by atoms with Crippen molar-refractivity contribution in [3.8, 4) is 0 Å². The van der Waals surface area contributed by atoms with Gasteiger partial charge in [-0.25, -0.2) is 8.42 Å². The minimum atomic E-state index is -3.00. The molecule has 18 heavy (non-hydrogen) atoms. The quantitative estimate of drug-likeness (QED) is 0.632. The molecular formula is C12H19N3O2S. The number of benzene rings is 1. The highest BCUT2D eigenvalue weighted by molar-refractivity contribution is 7.90. The first-order chi connectivity index (χ1) is 8.26. The normalized spacial score (nSPS) is 12.5. The van der Waals surface area contributed by atoms with Crippen molar-refractivity contribution in [1.29, 1.82) is 0 Å². The highest BCUT2D eigenvalue weighted by Crippen LogP contribution is 2.13. The molecule has 0 unspecified atom stereocenters. The lowest BCUT2D eigenvalue weighted by Gasteiger charge is -2.07. The van der Waals surface area contributed by atoms with Crippen LogP contribution in [-0.2, 0) is 9.84 Å². The summed E-state index contributed by atoms with van der Waals surface area (Å²) >= 11 is 0. The van der Waals surface area contributed by atoms with Gasteiger partial charge >= 0.3 is 0 Å². The van der Waals surface area contributed by atoms with E-state index in [-0.39, 0.29) is 18.3 Å². The number of anilines is 1. The molecule has 0 bridgehead atoms. The van der Waals surface area contributed by atoms with Crippen molar-refractivity contribution < 1.29 is 8.42 Å². The Morgan fingerprint density at radius 3 is 2.33 bits per heavy atom. The van der Waals surface area contributed by atoms with E-state index < -0.39 is 9.84 Å². The molecule has 0 saturated heterocycles. The number of nitrogens with two attached hydrogens (primary N) is 1. The van der Waals surface area contributed by atoms with Gasteiger partial charge in [0.15, 0.2) is 5.96 Å². The molecule has 100 valence electrons. The van der Waals surface area contributed by atoms with E-state index in [0.717, 1.165) is 16.8 Å². The molecule has 1 rings (SSSR count). The number of sulfone groups is 1. The number of nitrogens with one attached hydrogen (secondary N) is 1. The van der Waals surface area contributed by atoms with E-state index in [0.29, 0.717) is 0 Å². The van der Waals surface area contributed by atoms with Crippen molar-refractivity contribution >= 4 is 21.5 Å². The van der Waals surface area contributed by atoms with E-state index in [1.54, 1.807) is 0 Å². The highest BCUT2D eigenvalue weighted by atomic mass is 32.2. The topological polar surface area (TPSA) is 84.5 Å². The van der Waals surface area contributed by atoms with E-state index in [1.165, 1.54) is 6.26 Å². The lowest BCUT2D eigenvalue weighted by Crippen LogP contribution is -2.23. The number of aryl methyl sites for hydroxylation is 2. The third-order valence-corrected chi connectivity index (χ3v) is 3.16. The first kappa shape index (κ1) is 14.5. The second-order valence-corrected chi connectivity index (χ2v) is 6.66. The fourth-order valence-corrected chi connectivity index (χ4v) is 1.99. The molecule has 0 fully saturated rings. The summed E-state index contributed by atoms with van der Waals surface area (Å²) in [5, 5.41) is 2.94. The van der Waals surface area contributed by atoms with Gasteiger partial charge in [0.05, 0.1) is 12.3 Å². The summed E-state index contributed by atoms with van der Waals surface area (Å²) < 4.78 is 21.9. The van der Waals surface area contributed by atoms with Crippen LogP contribution in [0.2, 0.25) is 0 Å². The molecule has 0 radical (unpaired) electrons. The van der Waals surface area contributed by atoms with Crippen LogP contribution >= 0.6 is 0 Å². The van der Waals surface area contributed by atoms with Crippen LogP contribution in [0.25, 0.3) is 0 Å². The summed E-state index contributed by atoms with van der Waals surface area (Å²) in [5.41, 5.74) is 8.79. The lowest BCUT2D eigenvalue weighted by atomic mass is 10.1. The van der Waals surface area contributed by atoms with Crippen molar-refractivity contribution in [2.75, 3.05) is 23.9 Å². The van der Waals surface area contributed by atoms with Gasteiger partial charge in [0.1, 0.15) is 9.84 Å². The summed E-state index contributed by atoms with van der Waals surface area (Å²) in [6.07, 6.45) is 1.18. The largest absolute Gasteiger partial charge is 0.370 e. The maximum absolute atomic E-state index is 10.9. The molecule has 0 aliphatic heterocycles. The predicted octanol–water partition coefficient (Wildman–Crippen LogP) is 1.07. The summed E-state index contributed by atoms with van der Waals surface area (Å²) in [7, 11) is -3.00. The molecule has 5 nitrogen and oxygen atoms in total. The standard InChI is InChI=1S/C12H19N3O2S/c1-9-6-10(2)8-11(7-9)15-12(13)14-4-5-18(3,16)17/h6-8H,4-5H2,1-3H3,(H3,13,14,15). The smallest absolute Gasteiger partial charge is 0.193 e. The van der Waals surface area contributed by atoms with E-state index in [2.05, 4.69) is 16.4 Å². The molecule has 0 aromatic heterocycles. The summed E-state index contributed by atoms with van der Waals surface area (Å²) in [6.45, 7) is 4.16. The van der Waals surface area contributed by atoms with Gasteiger partial charge in [0.25, 0.3) is 0 Å². The highest BCUT2D eigenvalue weighted by Gasteiger charge is 2.01. The fourth-order valence-electron chi connectivity index (χ4n) is 1.57. The third kappa shape index (κ3) is 5.67. The molecule has 0 heterocycles. The van der Waals surface area contributed by atoms with Gasteiger partial charge in [-0.2, -0.15) is 0 Å². The van der Waals surface area contributed by atoms with E-state index >= 15 is 0 Å². The summed E-state index contributed by atoms with van der Waals surface area (Å²) in [6, 6.07) is 5.96. The third-order valence-electron chi connectivity index (χ3n) is 2.24. The molecular weight excluding hydrogens is 250 g/mol. The van der Waals surface area contributed by atoms with Gasteiger partial charge < -0.3 is 11.1 Å². The van der Waals surface area contributed by atoms with Gasteiger partial charge in [0.2, 0.25) is 0 Å². The Kier molecular flexibility index (Phi) is 4.72. The van der Waals surface area contributed by atoms with Gasteiger partial charge in [-0.1, -0.05) is 6.07 Å². The van der Waals surface area contributed by atoms with Gasteiger partial charge in [-0.05, 0) is 37.1 Å². The second kappa shape index (κ2) is 5.86. The van der Waals surface area contributed by atoms with Crippen molar-refractivity contribution in [1.82, 2.24) is 0 Å². The van der Waals surface area contributed by atoms with Crippen LogP contribution < -0.4 is 11.1 Å². The molecule has 0 atom stereocenters. The zero-order chi connectivity index (χ0) is 13.8. The number of guanidine groups is 1. The molecule has 3 N–H and O–H groups in total. The van der Waals surface area contributed by atoms with E-state index in [4.69, 9.17) is 5.73 Å². The number of rotatable bonds is 4. The Morgan fingerprint density at radius 2 is 1.83 bits per heavy atom. The average Bonchev–Trinajstić information content (AvgIpc) is 2.12. The molecule has 0 spiro atoms. The predicted molar refractivity (Wildman–Crippen MR) is 75.7 cm³/mol. The van der Waals surface area contributed by atoms with Crippen molar-refractivity contribution in [2.45, 2.75) is 13.8 Å². The number of hydrogen-bond donors (Lipinski definition) is 2. The lowest BCUT2D eigenvalue weighted by molar-refractivity contribution is 0.601. The van der Waals surface area contributed by atoms with Gasteiger partial charge in [-0.15, -0.1) is 0 Å². The second-order valence-electron chi connectivity index (χ2n) is 4.40. The molecule has 0 amide bonds. The molecule has 1 aromatic carbocycles. The van der Waals surface area contributed by atoms with Crippen molar-refractivity contribution in [2.24, 2.45) is 10.7 Å². The SMILES string of the molecule is Cc1cc(C)cc(NC(N)=NCCS(C)(=O)=O)c1. The fraction of sp³-hybridized carbons (Fsp3) is 0.417. The Balaban J connectivity index is 2.63. The minimum Gasteiger partial charge on any atom is -0.370 e. The maximum Gasteiger partial charge on any atom is 0.193 e. The van der Waals surface area contributed by atoms with Crippen LogP contribution in [0.4, 0.5) is 5.69 Å². The molecule has 0 aliphatic rings. The Labute approximate surface area is 108 Å². The number of hydrogen-bond acceptors (Lipinski definition) is 3. The first-order valence-corrected chi connectivity index (χ1v) is 7.65. The minimum absolute atomic E-state index is 0.00221. The average molecular weight is 269 g/mol. The molecule has 6 heteroatoms. The van der Waals surface area contributed by atoms with Crippen LogP contribution in [0.3, 0.4) is 0 Å². The van der Waals surface area contributed by atoms with Crippen LogP contribution in [0, 0.1) is 13.8 Å². The van der Waals surface area contributed by atoms with Gasteiger partial charge in [-0.3, -0.25) is 4.99 Å². The van der Waals surface area contributed by atoms with Crippen molar-refractivity contribution in [3.63, 3.8) is 0 Å². The molecule has 0 aliphatic carbocycles. The van der Waals surface area contributed by atoms with E-state index in [9.17, 15) is 8.42 Å². The number of nitrogens with zero attached hydrogens (tertiary/aromatic N) is 1. The van der Waals surface area contributed by atoms with Crippen LogP contribution in [0.15, 0.2) is 23.2 Å². The van der Waals surface area contributed by atoms with Crippen LogP contribution in [0.5, 0.6) is 0 Å². The van der Waals surface area contributed by atoms with Gasteiger partial charge in [0, 0.05) is 11.9 Å². The maximum atomic E-state index is 10.9. The Bertz CT molecular complexity index is 530. The molecule has 1 aromatic rings. The summed E-state index contributed by atoms with van der Waals surface area (Å²) in [5.74, 6) is 0.228. The Hall–Kier alpha value is -1.56. The van der Waals surface area contributed by atoms with Crippen LogP contribution in [-0.4, -0.2) is 32.9 Å². The summed E-state index contributed by atoms with van der Waals surface area (Å²) in [4.78, 5) is 3.97. The Morgan fingerprint density at radius 1 is 1.28 bits per heavy atom. The molecule has 0 saturated carbocycles. The zero-order valence-corrected chi connectivity index (χ0v) is 11.7. The zero-order valence-electron chi connectivity index (χ0n) is 10.9. The number of aliphatic imine (C=N–C) groups is 1. The van der Waals surface area contributed by atoms with Crippen molar-refractivity contribution in [3.05, 3.63) is 29.3 Å². The van der Waals surface area contributed by atoms with Crippen LogP contribution in [0.1, 0.15) is 11.1 Å². The monoisotopic (exact) mass is 269 g/mol.